The van der Waals surface area contributed by atoms with Crippen LogP contribution in [0.1, 0.15) is 23.6 Å². The van der Waals surface area contributed by atoms with Gasteiger partial charge in [-0.05, 0) is 24.1 Å². The molecule has 1 aromatic carbocycles. The van der Waals surface area contributed by atoms with Gasteiger partial charge >= 0.3 is 6.18 Å². The third-order valence-electron chi connectivity index (χ3n) is 3.74. The number of nitrogens with one attached hydrogen (secondary N) is 1. The maximum absolute atomic E-state index is 12.8. The molecule has 2 N–H and O–H groups in total. The molecule has 5 nitrogen and oxygen atoms in total. The number of alkyl halides is 3. The van der Waals surface area contributed by atoms with E-state index in [9.17, 15) is 26.7 Å². The number of hydrogen-bond acceptors (Lipinski definition) is 4. The molecule has 0 saturated carbocycles. The highest BCUT2D eigenvalue weighted by Gasteiger charge is 2.35. The standard InChI is InChI=1S/C14H19F3N2O3S/c1-23(21,22)18-5-6-19-9-12(20)8-13(19)10-3-2-4-11(7-10)14(15,16)17/h2-4,7,12-13,18,20H,5-6,8-9H2,1H3/t12-,13+/m1/s1. The second-order valence-corrected chi connectivity index (χ2v) is 7.52. The van der Waals surface area contributed by atoms with Gasteiger partial charge in [0.15, 0.2) is 0 Å². The van der Waals surface area contributed by atoms with Crippen LogP contribution in [0.15, 0.2) is 24.3 Å². The molecule has 2 atom stereocenters. The Bertz CT molecular complexity index is 649. The van der Waals surface area contributed by atoms with Gasteiger partial charge in [-0.2, -0.15) is 13.2 Å². The number of aliphatic hydroxyl groups excluding tert-OH is 1. The second kappa shape index (κ2) is 6.76. The van der Waals surface area contributed by atoms with Crippen molar-refractivity contribution in [3.8, 4) is 0 Å². The van der Waals surface area contributed by atoms with Crippen molar-refractivity contribution in [2.45, 2.75) is 24.7 Å². The summed E-state index contributed by atoms with van der Waals surface area (Å²) >= 11 is 0. The van der Waals surface area contributed by atoms with Gasteiger partial charge in [0.05, 0.1) is 17.9 Å². The van der Waals surface area contributed by atoms with Crippen molar-refractivity contribution in [1.29, 1.82) is 0 Å². The number of nitrogens with zero attached hydrogens (tertiary/aromatic N) is 1. The second-order valence-electron chi connectivity index (χ2n) is 5.69. The van der Waals surface area contributed by atoms with Crippen molar-refractivity contribution < 1.29 is 26.7 Å². The quantitative estimate of drug-likeness (QED) is 0.840. The van der Waals surface area contributed by atoms with Crippen LogP contribution in [0.4, 0.5) is 13.2 Å². The fraction of sp³-hybridized carbons (Fsp3) is 0.571. The highest BCUT2D eigenvalue weighted by Crippen LogP contribution is 2.35. The first-order chi connectivity index (χ1) is 10.6. The van der Waals surface area contributed by atoms with Crippen LogP contribution in [0, 0.1) is 0 Å². The Morgan fingerprint density at radius 1 is 1.39 bits per heavy atom. The number of likely N-dealkylation sites (tertiary alicyclic amines) is 1. The van der Waals surface area contributed by atoms with Crippen LogP contribution in [-0.4, -0.2) is 50.4 Å². The van der Waals surface area contributed by atoms with Gasteiger partial charge in [-0.1, -0.05) is 12.1 Å². The smallest absolute Gasteiger partial charge is 0.392 e. The third-order valence-corrected chi connectivity index (χ3v) is 4.47. The van der Waals surface area contributed by atoms with Crippen molar-refractivity contribution in [3.05, 3.63) is 35.4 Å². The van der Waals surface area contributed by atoms with Gasteiger partial charge < -0.3 is 5.11 Å². The minimum atomic E-state index is -4.42. The number of β-amino-alcohol motifs (C(OH)–C–C–N with tert-alkyl or cyclic N) is 1. The zero-order valence-corrected chi connectivity index (χ0v) is 13.4. The van der Waals surface area contributed by atoms with E-state index >= 15 is 0 Å². The number of sulfonamides is 1. The summed E-state index contributed by atoms with van der Waals surface area (Å²) in [5.41, 5.74) is -0.263. The summed E-state index contributed by atoms with van der Waals surface area (Å²) in [5, 5.41) is 9.82. The lowest BCUT2D eigenvalue weighted by molar-refractivity contribution is -0.137. The average Bonchev–Trinajstić information content (AvgIpc) is 2.78. The Labute approximate surface area is 133 Å². The fourth-order valence-electron chi connectivity index (χ4n) is 2.77. The zero-order chi connectivity index (χ0) is 17.3. The van der Waals surface area contributed by atoms with Crippen molar-refractivity contribution in [2.24, 2.45) is 0 Å². The van der Waals surface area contributed by atoms with Crippen LogP contribution in [-0.2, 0) is 16.2 Å². The van der Waals surface area contributed by atoms with E-state index in [1.54, 1.807) is 11.0 Å². The van der Waals surface area contributed by atoms with Crippen LogP contribution in [0.25, 0.3) is 0 Å². The predicted octanol–water partition coefficient (Wildman–Crippen LogP) is 1.36. The third kappa shape index (κ3) is 5.17. The van der Waals surface area contributed by atoms with Gasteiger partial charge in [0.2, 0.25) is 10.0 Å². The van der Waals surface area contributed by atoms with E-state index in [4.69, 9.17) is 0 Å². The molecule has 1 aliphatic rings. The van der Waals surface area contributed by atoms with E-state index in [2.05, 4.69) is 4.72 Å². The molecule has 1 saturated heterocycles. The first-order valence-electron chi connectivity index (χ1n) is 7.10. The molecule has 1 heterocycles. The molecule has 0 amide bonds. The van der Waals surface area contributed by atoms with Crippen LogP contribution in [0.3, 0.4) is 0 Å². The Morgan fingerprint density at radius 3 is 2.70 bits per heavy atom. The highest BCUT2D eigenvalue weighted by molar-refractivity contribution is 7.88. The van der Waals surface area contributed by atoms with Crippen LogP contribution in [0.2, 0.25) is 0 Å². The Morgan fingerprint density at radius 2 is 2.09 bits per heavy atom. The van der Waals surface area contributed by atoms with E-state index in [0.29, 0.717) is 25.1 Å². The number of halogens is 3. The minimum Gasteiger partial charge on any atom is -0.392 e. The first-order valence-corrected chi connectivity index (χ1v) is 8.99. The molecular weight excluding hydrogens is 333 g/mol. The summed E-state index contributed by atoms with van der Waals surface area (Å²) in [5.74, 6) is 0. The van der Waals surface area contributed by atoms with E-state index < -0.39 is 27.9 Å². The Hall–Kier alpha value is -1.16. The molecule has 1 aromatic rings. The predicted molar refractivity (Wildman–Crippen MR) is 79.2 cm³/mol. The SMILES string of the molecule is CS(=O)(=O)NCCN1C[C@H](O)C[C@H]1c1cccc(C(F)(F)F)c1. The topological polar surface area (TPSA) is 69.6 Å². The summed E-state index contributed by atoms with van der Waals surface area (Å²) < 4.78 is 63.0. The van der Waals surface area contributed by atoms with Gasteiger partial charge in [0.1, 0.15) is 0 Å². The summed E-state index contributed by atoms with van der Waals surface area (Å²) in [7, 11) is -3.33. The van der Waals surface area contributed by atoms with Crippen LogP contribution >= 0.6 is 0 Å². The Balaban J connectivity index is 2.13. The van der Waals surface area contributed by atoms with E-state index in [1.165, 1.54) is 6.07 Å². The largest absolute Gasteiger partial charge is 0.416 e. The van der Waals surface area contributed by atoms with Crippen molar-refractivity contribution in [3.63, 3.8) is 0 Å². The number of rotatable bonds is 5. The van der Waals surface area contributed by atoms with Gasteiger partial charge in [0, 0.05) is 25.7 Å². The lowest BCUT2D eigenvalue weighted by Gasteiger charge is -2.25. The molecule has 0 spiro atoms. The van der Waals surface area contributed by atoms with Crippen LogP contribution < -0.4 is 4.72 Å². The monoisotopic (exact) mass is 352 g/mol. The normalized spacial score (nSPS) is 23.3. The lowest BCUT2D eigenvalue weighted by atomic mass is 10.0. The van der Waals surface area contributed by atoms with Gasteiger partial charge in [-0.15, -0.1) is 0 Å². The van der Waals surface area contributed by atoms with E-state index in [0.717, 1.165) is 18.4 Å². The number of benzene rings is 1. The van der Waals surface area contributed by atoms with Crippen molar-refractivity contribution in [1.82, 2.24) is 9.62 Å². The molecule has 130 valence electrons. The average molecular weight is 352 g/mol. The van der Waals surface area contributed by atoms with Crippen LogP contribution in [0.5, 0.6) is 0 Å². The van der Waals surface area contributed by atoms with E-state index in [1.807, 2.05) is 0 Å². The van der Waals surface area contributed by atoms with Crippen molar-refractivity contribution in [2.75, 3.05) is 25.9 Å². The molecule has 23 heavy (non-hydrogen) atoms. The lowest BCUT2D eigenvalue weighted by Crippen LogP contribution is -2.35. The van der Waals surface area contributed by atoms with Gasteiger partial charge in [-0.25, -0.2) is 13.1 Å². The Kier molecular flexibility index (Phi) is 5.34. The molecule has 0 bridgehead atoms. The maximum atomic E-state index is 12.8. The molecule has 1 fully saturated rings. The summed E-state index contributed by atoms with van der Waals surface area (Å²) in [6.45, 7) is 0.748. The van der Waals surface area contributed by atoms with Gasteiger partial charge in [0.25, 0.3) is 0 Å². The zero-order valence-electron chi connectivity index (χ0n) is 12.5. The summed E-state index contributed by atoms with van der Waals surface area (Å²) in [6, 6.07) is 4.66. The minimum absolute atomic E-state index is 0.140. The molecule has 0 radical (unpaired) electrons. The van der Waals surface area contributed by atoms with Crippen molar-refractivity contribution >= 4 is 10.0 Å². The fourth-order valence-corrected chi connectivity index (χ4v) is 3.23. The number of aliphatic hydroxyl groups is 1. The molecular formula is C14H19F3N2O3S. The van der Waals surface area contributed by atoms with Gasteiger partial charge in [-0.3, -0.25) is 4.90 Å². The molecule has 9 heteroatoms. The molecule has 0 aromatic heterocycles. The summed E-state index contributed by atoms with van der Waals surface area (Å²) in [6.07, 6.45) is -3.71. The summed E-state index contributed by atoms with van der Waals surface area (Å²) in [4.78, 5) is 1.79. The molecule has 1 aliphatic heterocycles. The number of hydrogen-bond donors (Lipinski definition) is 2. The molecule has 2 rings (SSSR count). The highest BCUT2D eigenvalue weighted by atomic mass is 32.2. The first kappa shape index (κ1) is 18.2. The molecule has 0 unspecified atom stereocenters. The van der Waals surface area contributed by atoms with E-state index in [-0.39, 0.29) is 12.6 Å². The molecule has 0 aliphatic carbocycles. The maximum Gasteiger partial charge on any atom is 0.416 e.